The van der Waals surface area contributed by atoms with Crippen molar-refractivity contribution in [3.63, 3.8) is 0 Å². The first kappa shape index (κ1) is 14.5. The summed E-state index contributed by atoms with van der Waals surface area (Å²) < 4.78 is 11.5. The van der Waals surface area contributed by atoms with Crippen LogP contribution >= 0.6 is 15.9 Å². The third-order valence-electron chi connectivity index (χ3n) is 2.39. The van der Waals surface area contributed by atoms with E-state index in [9.17, 15) is 0 Å². The Kier molecular flexibility index (Phi) is 7.24. The summed E-state index contributed by atoms with van der Waals surface area (Å²) in [6.07, 6.45) is 0.952. The SMILES string of the molecule is COCCCOCCNc1ccc(Br)cc1C. The lowest BCUT2D eigenvalue weighted by atomic mass is 10.2. The Hall–Kier alpha value is -0.580. The van der Waals surface area contributed by atoms with Gasteiger partial charge in [0.1, 0.15) is 0 Å². The van der Waals surface area contributed by atoms with Gasteiger partial charge in [0.2, 0.25) is 0 Å². The number of aryl methyl sites for hydroxylation is 1. The van der Waals surface area contributed by atoms with E-state index >= 15 is 0 Å². The predicted molar refractivity (Wildman–Crippen MR) is 74.7 cm³/mol. The zero-order valence-corrected chi connectivity index (χ0v) is 12.0. The number of halogens is 1. The minimum absolute atomic E-state index is 0.721. The number of rotatable bonds is 8. The minimum atomic E-state index is 0.721. The van der Waals surface area contributed by atoms with Crippen LogP contribution in [0.15, 0.2) is 22.7 Å². The Balaban J connectivity index is 2.14. The predicted octanol–water partition coefficient (Wildman–Crippen LogP) is 3.22. The lowest BCUT2D eigenvalue weighted by molar-refractivity contribution is 0.109. The van der Waals surface area contributed by atoms with Crippen LogP contribution in [0.4, 0.5) is 5.69 Å². The zero-order chi connectivity index (χ0) is 12.5. The minimum Gasteiger partial charge on any atom is -0.385 e. The molecule has 0 saturated heterocycles. The molecule has 0 aromatic heterocycles. The first-order valence-electron chi connectivity index (χ1n) is 5.80. The summed E-state index contributed by atoms with van der Waals surface area (Å²) in [5, 5.41) is 3.35. The van der Waals surface area contributed by atoms with Crippen LogP contribution in [0.2, 0.25) is 0 Å². The lowest BCUT2D eigenvalue weighted by Crippen LogP contribution is -2.11. The van der Waals surface area contributed by atoms with Crippen molar-refractivity contribution in [3.05, 3.63) is 28.2 Å². The molecule has 1 N–H and O–H groups in total. The molecule has 3 nitrogen and oxygen atoms in total. The monoisotopic (exact) mass is 301 g/mol. The highest BCUT2D eigenvalue weighted by Crippen LogP contribution is 2.19. The van der Waals surface area contributed by atoms with Crippen molar-refractivity contribution in [2.45, 2.75) is 13.3 Å². The second-order valence-electron chi connectivity index (χ2n) is 3.84. The van der Waals surface area contributed by atoms with Crippen LogP contribution in [0.25, 0.3) is 0 Å². The van der Waals surface area contributed by atoms with Crippen molar-refractivity contribution >= 4 is 21.6 Å². The molecule has 0 aliphatic heterocycles. The first-order chi connectivity index (χ1) is 8.24. The quantitative estimate of drug-likeness (QED) is 0.748. The average molecular weight is 302 g/mol. The summed E-state index contributed by atoms with van der Waals surface area (Å²) in [5.74, 6) is 0. The molecular weight excluding hydrogens is 282 g/mol. The number of methoxy groups -OCH3 is 1. The average Bonchev–Trinajstić information content (AvgIpc) is 2.30. The second-order valence-corrected chi connectivity index (χ2v) is 4.76. The standard InChI is InChI=1S/C13H20BrNO2/c1-11-10-12(14)4-5-13(11)15-6-9-17-8-3-7-16-2/h4-5,10,15H,3,6-9H2,1-2H3. The maximum Gasteiger partial charge on any atom is 0.0639 e. The summed E-state index contributed by atoms with van der Waals surface area (Å²) in [6.45, 7) is 5.16. The molecule has 0 bridgehead atoms. The number of hydrogen-bond donors (Lipinski definition) is 1. The van der Waals surface area contributed by atoms with Gasteiger partial charge in [0, 0.05) is 37.0 Å². The highest BCUT2D eigenvalue weighted by atomic mass is 79.9. The van der Waals surface area contributed by atoms with E-state index in [2.05, 4.69) is 40.3 Å². The number of anilines is 1. The van der Waals surface area contributed by atoms with E-state index in [0.29, 0.717) is 0 Å². The third kappa shape index (κ3) is 6.05. The molecule has 0 amide bonds. The molecule has 0 heterocycles. The van der Waals surface area contributed by atoms with Crippen molar-refractivity contribution < 1.29 is 9.47 Å². The van der Waals surface area contributed by atoms with Crippen molar-refractivity contribution in [2.75, 3.05) is 38.8 Å². The third-order valence-corrected chi connectivity index (χ3v) is 2.88. The van der Waals surface area contributed by atoms with Gasteiger partial charge >= 0.3 is 0 Å². The smallest absolute Gasteiger partial charge is 0.0639 e. The van der Waals surface area contributed by atoms with E-state index in [1.807, 2.05) is 6.07 Å². The molecular formula is C13H20BrNO2. The summed E-state index contributed by atoms with van der Waals surface area (Å²) in [5.41, 5.74) is 2.40. The van der Waals surface area contributed by atoms with E-state index in [4.69, 9.17) is 9.47 Å². The molecule has 1 aromatic carbocycles. The van der Waals surface area contributed by atoms with E-state index in [1.165, 1.54) is 5.56 Å². The van der Waals surface area contributed by atoms with Gasteiger partial charge < -0.3 is 14.8 Å². The molecule has 0 radical (unpaired) electrons. The molecule has 1 aromatic rings. The highest BCUT2D eigenvalue weighted by molar-refractivity contribution is 9.10. The molecule has 4 heteroatoms. The maximum absolute atomic E-state index is 5.47. The summed E-state index contributed by atoms with van der Waals surface area (Å²) >= 11 is 3.45. The lowest BCUT2D eigenvalue weighted by Gasteiger charge is -2.10. The topological polar surface area (TPSA) is 30.5 Å². The number of hydrogen-bond acceptors (Lipinski definition) is 3. The number of nitrogens with one attached hydrogen (secondary N) is 1. The Morgan fingerprint density at radius 3 is 2.76 bits per heavy atom. The van der Waals surface area contributed by atoms with Crippen LogP contribution in [0.1, 0.15) is 12.0 Å². The Bertz CT molecular complexity index is 331. The molecule has 0 spiro atoms. The van der Waals surface area contributed by atoms with Crippen molar-refractivity contribution in [1.82, 2.24) is 0 Å². The Labute approximate surface area is 112 Å². The van der Waals surface area contributed by atoms with E-state index in [-0.39, 0.29) is 0 Å². The van der Waals surface area contributed by atoms with Crippen LogP contribution in [0.5, 0.6) is 0 Å². The van der Waals surface area contributed by atoms with E-state index in [0.717, 1.165) is 42.9 Å². The largest absolute Gasteiger partial charge is 0.385 e. The zero-order valence-electron chi connectivity index (χ0n) is 10.5. The molecule has 0 aliphatic rings. The fourth-order valence-electron chi connectivity index (χ4n) is 1.49. The van der Waals surface area contributed by atoms with Gasteiger partial charge in [-0.05, 0) is 37.1 Å². The van der Waals surface area contributed by atoms with Crippen molar-refractivity contribution in [2.24, 2.45) is 0 Å². The van der Waals surface area contributed by atoms with Gasteiger partial charge in [-0.2, -0.15) is 0 Å². The number of ether oxygens (including phenoxy) is 2. The maximum atomic E-state index is 5.47. The molecule has 96 valence electrons. The Morgan fingerprint density at radius 1 is 1.24 bits per heavy atom. The summed E-state index contributed by atoms with van der Waals surface area (Å²) in [6, 6.07) is 6.21. The molecule has 0 unspecified atom stereocenters. The van der Waals surface area contributed by atoms with E-state index < -0.39 is 0 Å². The fraction of sp³-hybridized carbons (Fsp3) is 0.538. The molecule has 0 fully saturated rings. The normalized spacial score (nSPS) is 10.5. The number of benzene rings is 1. The second kappa shape index (κ2) is 8.50. The molecule has 17 heavy (non-hydrogen) atoms. The van der Waals surface area contributed by atoms with Crippen LogP contribution in [-0.4, -0.2) is 33.5 Å². The van der Waals surface area contributed by atoms with Gasteiger partial charge in [0.25, 0.3) is 0 Å². The highest BCUT2D eigenvalue weighted by Gasteiger charge is 1.97. The van der Waals surface area contributed by atoms with Crippen LogP contribution < -0.4 is 5.32 Å². The fourth-order valence-corrected chi connectivity index (χ4v) is 1.97. The van der Waals surface area contributed by atoms with Gasteiger partial charge in [0.05, 0.1) is 6.61 Å². The van der Waals surface area contributed by atoms with Gasteiger partial charge in [-0.3, -0.25) is 0 Å². The molecule has 0 aliphatic carbocycles. The van der Waals surface area contributed by atoms with E-state index in [1.54, 1.807) is 7.11 Å². The van der Waals surface area contributed by atoms with Gasteiger partial charge in [-0.25, -0.2) is 0 Å². The van der Waals surface area contributed by atoms with Crippen LogP contribution in [-0.2, 0) is 9.47 Å². The summed E-state index contributed by atoms with van der Waals surface area (Å²) in [4.78, 5) is 0. The van der Waals surface area contributed by atoms with Crippen molar-refractivity contribution in [3.8, 4) is 0 Å². The van der Waals surface area contributed by atoms with Gasteiger partial charge in [-0.1, -0.05) is 15.9 Å². The van der Waals surface area contributed by atoms with Crippen LogP contribution in [0, 0.1) is 6.92 Å². The first-order valence-corrected chi connectivity index (χ1v) is 6.60. The van der Waals surface area contributed by atoms with Gasteiger partial charge in [-0.15, -0.1) is 0 Å². The molecule has 0 atom stereocenters. The van der Waals surface area contributed by atoms with Crippen LogP contribution in [0.3, 0.4) is 0 Å². The van der Waals surface area contributed by atoms with Crippen molar-refractivity contribution in [1.29, 1.82) is 0 Å². The molecule has 0 saturated carbocycles. The Morgan fingerprint density at radius 2 is 2.06 bits per heavy atom. The summed E-state index contributed by atoms with van der Waals surface area (Å²) in [7, 11) is 1.71. The van der Waals surface area contributed by atoms with Gasteiger partial charge in [0.15, 0.2) is 0 Å². The molecule has 1 rings (SSSR count).